The van der Waals surface area contributed by atoms with Crippen molar-refractivity contribution in [1.82, 2.24) is 9.78 Å². The Balaban J connectivity index is 1.75. The van der Waals surface area contributed by atoms with E-state index in [2.05, 4.69) is 5.10 Å². The van der Waals surface area contributed by atoms with Gasteiger partial charge in [0.05, 0.1) is 18.9 Å². The summed E-state index contributed by atoms with van der Waals surface area (Å²) in [4.78, 5) is 12.4. The number of benzene rings is 2. The molecule has 144 valence electrons. The third kappa shape index (κ3) is 4.46. The number of aromatic nitrogens is 2. The van der Waals surface area contributed by atoms with Gasteiger partial charge in [0.15, 0.2) is 5.78 Å². The number of ketones is 1. The SMILES string of the molecule is COc1ccc(/C=C/C(=O)c2cnn(C)c2C)cc1COc1ccc(F)cc1. The van der Waals surface area contributed by atoms with E-state index >= 15 is 0 Å². The molecule has 1 aromatic heterocycles. The Morgan fingerprint density at radius 3 is 2.61 bits per heavy atom. The van der Waals surface area contributed by atoms with Crippen molar-refractivity contribution in [3.8, 4) is 11.5 Å². The molecule has 0 unspecified atom stereocenters. The topological polar surface area (TPSA) is 53.3 Å². The number of nitrogens with zero attached hydrogens (tertiary/aromatic N) is 2. The first-order chi connectivity index (χ1) is 13.5. The summed E-state index contributed by atoms with van der Waals surface area (Å²) >= 11 is 0. The molecule has 3 aromatic rings. The van der Waals surface area contributed by atoms with Crippen molar-refractivity contribution in [2.24, 2.45) is 7.05 Å². The quantitative estimate of drug-likeness (QED) is 0.452. The zero-order valence-electron chi connectivity index (χ0n) is 16.0. The van der Waals surface area contributed by atoms with Crippen LogP contribution in [0, 0.1) is 12.7 Å². The summed E-state index contributed by atoms with van der Waals surface area (Å²) in [6, 6.07) is 11.4. The van der Waals surface area contributed by atoms with E-state index in [1.54, 1.807) is 43.2 Å². The van der Waals surface area contributed by atoms with Crippen LogP contribution >= 0.6 is 0 Å². The number of methoxy groups -OCH3 is 1. The predicted molar refractivity (Wildman–Crippen MR) is 105 cm³/mol. The molecular formula is C22H21FN2O3. The first kappa shape index (κ1) is 19.4. The van der Waals surface area contributed by atoms with Gasteiger partial charge in [-0.1, -0.05) is 12.1 Å². The monoisotopic (exact) mass is 380 g/mol. The number of aryl methyl sites for hydroxylation is 1. The summed E-state index contributed by atoms with van der Waals surface area (Å²) in [5, 5.41) is 4.09. The molecule has 28 heavy (non-hydrogen) atoms. The number of hydrogen-bond donors (Lipinski definition) is 0. The molecule has 0 spiro atoms. The van der Waals surface area contributed by atoms with Crippen LogP contribution in [0.25, 0.3) is 6.08 Å². The first-order valence-electron chi connectivity index (χ1n) is 8.74. The molecule has 0 aliphatic rings. The van der Waals surface area contributed by atoms with Crippen molar-refractivity contribution < 1.29 is 18.7 Å². The van der Waals surface area contributed by atoms with E-state index in [-0.39, 0.29) is 18.2 Å². The molecule has 0 bridgehead atoms. The Morgan fingerprint density at radius 2 is 1.96 bits per heavy atom. The zero-order chi connectivity index (χ0) is 20.1. The number of ether oxygens (including phenoxy) is 2. The van der Waals surface area contributed by atoms with Crippen molar-refractivity contribution in [3.63, 3.8) is 0 Å². The van der Waals surface area contributed by atoms with Gasteiger partial charge in [-0.3, -0.25) is 9.48 Å². The maximum absolute atomic E-state index is 13.0. The molecule has 0 aliphatic heterocycles. The summed E-state index contributed by atoms with van der Waals surface area (Å²) in [7, 11) is 3.38. The molecule has 0 atom stereocenters. The van der Waals surface area contributed by atoms with Gasteiger partial charge < -0.3 is 9.47 Å². The first-order valence-corrected chi connectivity index (χ1v) is 8.74. The molecule has 0 fully saturated rings. The Bertz CT molecular complexity index is 1010. The highest BCUT2D eigenvalue weighted by molar-refractivity contribution is 6.07. The number of rotatable bonds is 7. The lowest BCUT2D eigenvalue weighted by atomic mass is 10.1. The summed E-state index contributed by atoms with van der Waals surface area (Å²) in [6.45, 7) is 2.11. The average molecular weight is 380 g/mol. The van der Waals surface area contributed by atoms with Crippen LogP contribution in [0.2, 0.25) is 0 Å². The lowest BCUT2D eigenvalue weighted by Gasteiger charge is -2.11. The summed E-state index contributed by atoms with van der Waals surface area (Å²) in [6.07, 6.45) is 4.84. The molecule has 6 heteroatoms. The molecule has 2 aromatic carbocycles. The maximum atomic E-state index is 13.0. The normalized spacial score (nSPS) is 11.0. The number of carbonyl (C=O) groups is 1. The second-order valence-electron chi connectivity index (χ2n) is 6.28. The predicted octanol–water partition coefficient (Wildman–Crippen LogP) is 4.35. The lowest BCUT2D eigenvalue weighted by Crippen LogP contribution is -2.00. The van der Waals surface area contributed by atoms with Crippen molar-refractivity contribution in [3.05, 3.63) is 82.9 Å². The van der Waals surface area contributed by atoms with Gasteiger partial charge >= 0.3 is 0 Å². The Kier molecular flexibility index (Phi) is 5.89. The van der Waals surface area contributed by atoms with E-state index in [1.165, 1.54) is 18.2 Å². The second kappa shape index (κ2) is 8.52. The Morgan fingerprint density at radius 1 is 1.21 bits per heavy atom. The van der Waals surface area contributed by atoms with E-state index in [1.807, 2.05) is 25.1 Å². The molecule has 0 N–H and O–H groups in total. The van der Waals surface area contributed by atoms with Crippen molar-refractivity contribution in [2.45, 2.75) is 13.5 Å². The van der Waals surface area contributed by atoms with E-state index < -0.39 is 0 Å². The van der Waals surface area contributed by atoms with Crippen LogP contribution in [0.3, 0.4) is 0 Å². The van der Waals surface area contributed by atoms with Gasteiger partial charge in [-0.2, -0.15) is 5.10 Å². The molecular weight excluding hydrogens is 359 g/mol. The summed E-state index contributed by atoms with van der Waals surface area (Å²) in [5.41, 5.74) is 3.05. The molecule has 1 heterocycles. The molecule has 0 radical (unpaired) electrons. The molecule has 3 rings (SSSR count). The Hall–Kier alpha value is -3.41. The van der Waals surface area contributed by atoms with E-state index in [9.17, 15) is 9.18 Å². The molecule has 5 nitrogen and oxygen atoms in total. The minimum atomic E-state index is -0.314. The lowest BCUT2D eigenvalue weighted by molar-refractivity contribution is 0.104. The van der Waals surface area contributed by atoms with Crippen LogP contribution in [-0.4, -0.2) is 22.7 Å². The van der Waals surface area contributed by atoms with Crippen LogP contribution in [0.5, 0.6) is 11.5 Å². The smallest absolute Gasteiger partial charge is 0.189 e. The fourth-order valence-corrected chi connectivity index (χ4v) is 2.71. The average Bonchev–Trinajstić information content (AvgIpc) is 3.04. The second-order valence-corrected chi connectivity index (χ2v) is 6.28. The van der Waals surface area contributed by atoms with Gasteiger partial charge in [0.25, 0.3) is 0 Å². The third-order valence-corrected chi connectivity index (χ3v) is 4.44. The summed E-state index contributed by atoms with van der Waals surface area (Å²) in [5.74, 6) is 0.816. The van der Waals surface area contributed by atoms with Crippen molar-refractivity contribution in [2.75, 3.05) is 7.11 Å². The fraction of sp³-hybridized carbons (Fsp3) is 0.182. The highest BCUT2D eigenvalue weighted by atomic mass is 19.1. The molecule has 0 saturated heterocycles. The van der Waals surface area contributed by atoms with Gasteiger partial charge in [-0.25, -0.2) is 4.39 Å². The van der Waals surface area contributed by atoms with Crippen molar-refractivity contribution in [1.29, 1.82) is 0 Å². The number of halogens is 1. The van der Waals surface area contributed by atoms with Gasteiger partial charge in [-0.05, 0) is 55.0 Å². The van der Waals surface area contributed by atoms with Gasteiger partial charge in [0.1, 0.15) is 23.9 Å². The van der Waals surface area contributed by atoms with Crippen LogP contribution in [0.15, 0.2) is 54.7 Å². The van der Waals surface area contributed by atoms with E-state index in [0.717, 1.165) is 16.8 Å². The zero-order valence-corrected chi connectivity index (χ0v) is 16.0. The van der Waals surface area contributed by atoms with Crippen LogP contribution in [0.4, 0.5) is 4.39 Å². The van der Waals surface area contributed by atoms with Crippen LogP contribution in [-0.2, 0) is 13.7 Å². The fourth-order valence-electron chi connectivity index (χ4n) is 2.71. The van der Waals surface area contributed by atoms with Gasteiger partial charge in [0.2, 0.25) is 0 Å². The van der Waals surface area contributed by atoms with Gasteiger partial charge in [0, 0.05) is 18.3 Å². The minimum Gasteiger partial charge on any atom is -0.496 e. The summed E-state index contributed by atoms with van der Waals surface area (Å²) < 4.78 is 25.8. The number of hydrogen-bond acceptors (Lipinski definition) is 4. The molecule has 0 amide bonds. The third-order valence-electron chi connectivity index (χ3n) is 4.44. The highest BCUT2D eigenvalue weighted by Gasteiger charge is 2.10. The Labute approximate surface area is 163 Å². The largest absolute Gasteiger partial charge is 0.496 e. The standard InChI is InChI=1S/C22H21FN2O3/c1-15-20(13-24-25(15)2)21(26)10-4-16-5-11-22(27-3)17(12-16)14-28-19-8-6-18(23)7-9-19/h4-13H,14H2,1-3H3/b10-4+. The van der Waals surface area contributed by atoms with E-state index in [4.69, 9.17) is 9.47 Å². The molecule has 0 saturated carbocycles. The number of carbonyl (C=O) groups excluding carboxylic acids is 1. The van der Waals surface area contributed by atoms with Crippen LogP contribution < -0.4 is 9.47 Å². The molecule has 0 aliphatic carbocycles. The minimum absolute atomic E-state index is 0.106. The maximum Gasteiger partial charge on any atom is 0.189 e. The number of allylic oxidation sites excluding steroid dienone is 1. The van der Waals surface area contributed by atoms with Crippen molar-refractivity contribution >= 4 is 11.9 Å². The van der Waals surface area contributed by atoms with Gasteiger partial charge in [-0.15, -0.1) is 0 Å². The van der Waals surface area contributed by atoms with E-state index in [0.29, 0.717) is 17.1 Å². The highest BCUT2D eigenvalue weighted by Crippen LogP contribution is 2.23. The van der Waals surface area contributed by atoms with Crippen LogP contribution in [0.1, 0.15) is 27.2 Å².